The Morgan fingerprint density at radius 1 is 1.00 bits per heavy atom. The number of quaternary nitrogens is 1. The summed E-state index contributed by atoms with van der Waals surface area (Å²) in [6.07, 6.45) is 0.862. The second-order valence-corrected chi connectivity index (χ2v) is 7.21. The second kappa shape index (κ2) is 4.06. The second-order valence-electron chi connectivity index (χ2n) is 7.21. The highest BCUT2D eigenvalue weighted by Crippen LogP contribution is 2.30. The molecule has 2 N–H and O–H groups in total. The number of hydrogen-bond acceptors (Lipinski definition) is 1. The molecule has 1 heterocycles. The van der Waals surface area contributed by atoms with Crippen LogP contribution < -0.4 is 4.90 Å². The van der Waals surface area contributed by atoms with Crippen molar-refractivity contribution in [1.29, 1.82) is 0 Å². The lowest BCUT2D eigenvalue weighted by Crippen LogP contribution is -3.21. The summed E-state index contributed by atoms with van der Waals surface area (Å²) in [5, 5.41) is 9.96. The zero-order valence-corrected chi connectivity index (χ0v) is 11.2. The van der Waals surface area contributed by atoms with Crippen molar-refractivity contribution in [3.8, 4) is 0 Å². The molecule has 3 atom stereocenters. The predicted molar refractivity (Wildman–Crippen MR) is 64.0 cm³/mol. The fraction of sp³-hybridized carbons (Fsp3) is 1.00. The Kier molecular flexibility index (Phi) is 3.52. The van der Waals surface area contributed by atoms with Crippen LogP contribution in [0.4, 0.5) is 0 Å². The van der Waals surface area contributed by atoms with Gasteiger partial charge in [-0.3, -0.25) is 0 Å². The Labute approximate surface area is 94.7 Å². The molecule has 90 valence electrons. The molecule has 2 nitrogen and oxygen atoms in total. The summed E-state index contributed by atoms with van der Waals surface area (Å²) in [7, 11) is 0. The third-order valence-corrected chi connectivity index (χ3v) is 3.82. The van der Waals surface area contributed by atoms with Crippen LogP contribution in [0.25, 0.3) is 0 Å². The standard InChI is InChI=1S/C13H27NO/c1-12(2,3)10-7-11(15)9-14(8-10)13(4,5)6/h10-11,15H,7-9H2,1-6H3/p+1/t10-,11+/m0/s1. The Morgan fingerprint density at radius 2 is 1.53 bits per heavy atom. The van der Waals surface area contributed by atoms with Crippen LogP contribution in [-0.4, -0.2) is 29.8 Å². The summed E-state index contributed by atoms with van der Waals surface area (Å²) in [5.74, 6) is 0.635. The van der Waals surface area contributed by atoms with Gasteiger partial charge in [-0.2, -0.15) is 0 Å². The van der Waals surface area contributed by atoms with Crippen LogP contribution in [0.1, 0.15) is 48.0 Å². The minimum Gasteiger partial charge on any atom is -0.387 e. The average molecular weight is 214 g/mol. The van der Waals surface area contributed by atoms with E-state index in [1.807, 2.05) is 0 Å². The monoisotopic (exact) mass is 214 g/mol. The van der Waals surface area contributed by atoms with Crippen LogP contribution in [0.2, 0.25) is 0 Å². The third-order valence-electron chi connectivity index (χ3n) is 3.82. The highest BCUT2D eigenvalue weighted by Gasteiger charge is 2.40. The van der Waals surface area contributed by atoms with Crippen LogP contribution in [0.5, 0.6) is 0 Å². The maximum atomic E-state index is 9.96. The molecule has 0 aromatic carbocycles. The molecule has 1 fully saturated rings. The van der Waals surface area contributed by atoms with E-state index < -0.39 is 0 Å². The number of likely N-dealkylation sites (tertiary alicyclic amines) is 1. The first-order valence-corrected chi connectivity index (χ1v) is 6.14. The fourth-order valence-corrected chi connectivity index (χ4v) is 2.43. The minimum atomic E-state index is -0.114. The molecule has 0 bridgehead atoms. The molecule has 1 unspecified atom stereocenters. The average Bonchev–Trinajstić information content (AvgIpc) is 1.99. The zero-order chi connectivity index (χ0) is 11.9. The summed E-state index contributed by atoms with van der Waals surface area (Å²) < 4.78 is 0. The van der Waals surface area contributed by atoms with Gasteiger partial charge in [-0.05, 0) is 32.6 Å². The van der Waals surface area contributed by atoms with Gasteiger partial charge < -0.3 is 10.0 Å². The van der Waals surface area contributed by atoms with Crippen LogP contribution in [0, 0.1) is 11.3 Å². The predicted octanol–water partition coefficient (Wildman–Crippen LogP) is 1.10. The van der Waals surface area contributed by atoms with Crippen molar-refractivity contribution >= 4 is 0 Å². The first kappa shape index (κ1) is 13.0. The summed E-state index contributed by atoms with van der Waals surface area (Å²) >= 11 is 0. The van der Waals surface area contributed by atoms with Gasteiger partial charge in [-0.1, -0.05) is 20.8 Å². The van der Waals surface area contributed by atoms with E-state index in [2.05, 4.69) is 41.5 Å². The van der Waals surface area contributed by atoms with Crippen LogP contribution in [-0.2, 0) is 0 Å². The van der Waals surface area contributed by atoms with Gasteiger partial charge in [-0.25, -0.2) is 0 Å². The molecule has 0 saturated carbocycles. The molecule has 2 heteroatoms. The van der Waals surface area contributed by atoms with E-state index in [0.29, 0.717) is 11.3 Å². The van der Waals surface area contributed by atoms with E-state index in [1.54, 1.807) is 4.90 Å². The largest absolute Gasteiger partial charge is 0.387 e. The number of rotatable bonds is 0. The molecule has 0 radical (unpaired) electrons. The molecular formula is C13H28NO+. The summed E-state index contributed by atoms with van der Waals surface area (Å²) in [4.78, 5) is 1.54. The molecule has 1 aliphatic rings. The molecule has 1 aliphatic heterocycles. The molecule has 0 aliphatic carbocycles. The molecule has 0 aromatic rings. The zero-order valence-electron chi connectivity index (χ0n) is 11.2. The highest BCUT2D eigenvalue weighted by atomic mass is 16.3. The summed E-state index contributed by atoms with van der Waals surface area (Å²) in [5.41, 5.74) is 0.572. The molecule has 1 saturated heterocycles. The van der Waals surface area contributed by atoms with E-state index >= 15 is 0 Å². The van der Waals surface area contributed by atoms with Crippen molar-refractivity contribution < 1.29 is 10.0 Å². The first-order valence-electron chi connectivity index (χ1n) is 6.14. The lowest BCUT2D eigenvalue weighted by molar-refractivity contribution is -0.958. The van der Waals surface area contributed by atoms with Gasteiger partial charge in [0.05, 0.1) is 12.1 Å². The van der Waals surface area contributed by atoms with Crippen molar-refractivity contribution in [2.45, 2.75) is 59.6 Å². The third kappa shape index (κ3) is 3.46. The Bertz CT molecular complexity index is 190. The van der Waals surface area contributed by atoms with Gasteiger partial charge in [0.1, 0.15) is 12.6 Å². The summed E-state index contributed by atoms with van der Waals surface area (Å²) in [6, 6.07) is 0. The number of aliphatic hydroxyl groups excluding tert-OH is 1. The molecule has 0 spiro atoms. The van der Waals surface area contributed by atoms with Crippen molar-refractivity contribution in [2.24, 2.45) is 11.3 Å². The van der Waals surface area contributed by atoms with Gasteiger partial charge in [0, 0.05) is 5.92 Å². The van der Waals surface area contributed by atoms with E-state index in [4.69, 9.17) is 0 Å². The number of piperidine rings is 1. The normalized spacial score (nSPS) is 34.2. The number of aliphatic hydroxyl groups is 1. The maximum absolute atomic E-state index is 9.96. The topological polar surface area (TPSA) is 24.7 Å². The Morgan fingerprint density at radius 3 is 1.93 bits per heavy atom. The minimum absolute atomic E-state index is 0.114. The van der Waals surface area contributed by atoms with Gasteiger partial charge in [-0.15, -0.1) is 0 Å². The first-order chi connectivity index (χ1) is 6.60. The molecule has 0 aromatic heterocycles. The summed E-state index contributed by atoms with van der Waals surface area (Å²) in [6.45, 7) is 15.8. The van der Waals surface area contributed by atoms with E-state index in [9.17, 15) is 5.11 Å². The number of hydrogen-bond donors (Lipinski definition) is 2. The van der Waals surface area contributed by atoms with Crippen LogP contribution in [0.3, 0.4) is 0 Å². The SMILES string of the molecule is CC(C)(C)[C@H]1C[C@@H](O)C[NH+](C(C)(C)C)C1. The van der Waals surface area contributed by atoms with Gasteiger partial charge in [0.25, 0.3) is 0 Å². The van der Waals surface area contributed by atoms with Crippen molar-refractivity contribution in [2.75, 3.05) is 13.1 Å². The quantitative estimate of drug-likeness (QED) is 0.620. The van der Waals surface area contributed by atoms with Gasteiger partial charge in [0.15, 0.2) is 0 Å². The lowest BCUT2D eigenvalue weighted by atomic mass is 9.75. The molecular weight excluding hydrogens is 186 g/mol. The van der Waals surface area contributed by atoms with Gasteiger partial charge >= 0.3 is 0 Å². The number of nitrogens with one attached hydrogen (secondary N) is 1. The smallest absolute Gasteiger partial charge is 0.104 e. The van der Waals surface area contributed by atoms with Crippen molar-refractivity contribution in [3.05, 3.63) is 0 Å². The Balaban J connectivity index is 2.73. The molecule has 0 amide bonds. The van der Waals surface area contributed by atoms with Crippen LogP contribution >= 0.6 is 0 Å². The molecule has 15 heavy (non-hydrogen) atoms. The Hall–Kier alpha value is -0.0800. The fourth-order valence-electron chi connectivity index (χ4n) is 2.43. The van der Waals surface area contributed by atoms with Crippen molar-refractivity contribution in [1.82, 2.24) is 0 Å². The lowest BCUT2D eigenvalue weighted by Gasteiger charge is -2.44. The highest BCUT2D eigenvalue weighted by molar-refractivity contribution is 4.80. The van der Waals surface area contributed by atoms with E-state index in [1.165, 1.54) is 6.54 Å². The van der Waals surface area contributed by atoms with Gasteiger partial charge in [0.2, 0.25) is 0 Å². The molecule has 1 rings (SSSR count). The van der Waals surface area contributed by atoms with Crippen LogP contribution in [0.15, 0.2) is 0 Å². The maximum Gasteiger partial charge on any atom is 0.104 e. The van der Waals surface area contributed by atoms with E-state index in [0.717, 1.165) is 13.0 Å². The van der Waals surface area contributed by atoms with E-state index in [-0.39, 0.29) is 11.6 Å². The van der Waals surface area contributed by atoms with Crippen molar-refractivity contribution in [3.63, 3.8) is 0 Å².